The number of carbonyl (C=O) groups is 1. The van der Waals surface area contributed by atoms with Crippen molar-refractivity contribution in [1.29, 1.82) is 0 Å². The Kier molecular flexibility index (Phi) is 7.14. The number of aliphatic carboxylic acids is 1. The summed E-state index contributed by atoms with van der Waals surface area (Å²) in [5.74, 6) is -1.87. The van der Waals surface area contributed by atoms with Gasteiger partial charge in [0.2, 0.25) is 0 Å². The van der Waals surface area contributed by atoms with Crippen LogP contribution in [0.3, 0.4) is 0 Å². The molecule has 2 rings (SSSR count). The van der Waals surface area contributed by atoms with E-state index in [1.54, 1.807) is 0 Å². The summed E-state index contributed by atoms with van der Waals surface area (Å²) in [7, 11) is 0. The van der Waals surface area contributed by atoms with E-state index in [1.807, 2.05) is 42.5 Å². The predicted octanol–water partition coefficient (Wildman–Crippen LogP) is 3.79. The van der Waals surface area contributed by atoms with Crippen LogP contribution >= 0.6 is 0 Å². The number of hydrogen-bond donors (Lipinski definition) is 2. The molecule has 0 aromatic heterocycles. The smallest absolute Gasteiger partial charge is 0.309 e. The van der Waals surface area contributed by atoms with Crippen molar-refractivity contribution in [3.8, 4) is 11.1 Å². The third kappa shape index (κ3) is 4.93. The van der Waals surface area contributed by atoms with Crippen molar-refractivity contribution in [1.82, 2.24) is 0 Å². The molecule has 0 heterocycles. The minimum absolute atomic E-state index is 0. The van der Waals surface area contributed by atoms with Crippen LogP contribution in [-0.2, 0) is 11.2 Å². The second kappa shape index (κ2) is 9.08. The van der Waals surface area contributed by atoms with Gasteiger partial charge in [0.1, 0.15) is 0 Å². The van der Waals surface area contributed by atoms with Crippen molar-refractivity contribution < 1.29 is 15.0 Å². The minimum Gasteiger partial charge on any atom is -0.677 e. The van der Waals surface area contributed by atoms with Crippen molar-refractivity contribution in [3.63, 3.8) is 0 Å². The average molecular weight is 579 g/mol. The van der Waals surface area contributed by atoms with E-state index in [0.717, 1.165) is 16.7 Å². The molecule has 0 bridgehead atoms. The Labute approximate surface area is 136 Å². The molecule has 0 radical (unpaired) electrons. The molecule has 2 atom stereocenters. The van der Waals surface area contributed by atoms with Crippen molar-refractivity contribution in [3.05, 3.63) is 65.9 Å². The zero-order chi connectivity index (χ0) is 16.7. The van der Waals surface area contributed by atoms with Gasteiger partial charge in [-0.15, -0.1) is 0 Å². The number of hydrogen-bond acceptors (Lipinski definition) is 2. The van der Waals surface area contributed by atoms with Gasteiger partial charge in [-0.1, -0.05) is 61.0 Å². The van der Waals surface area contributed by atoms with Crippen molar-refractivity contribution in [2.75, 3.05) is 6.54 Å². The Morgan fingerprint density at radius 3 is 2.08 bits per heavy atom. The summed E-state index contributed by atoms with van der Waals surface area (Å²) in [6.07, 6.45) is 0.287. The van der Waals surface area contributed by atoms with E-state index >= 15 is 0 Å². The summed E-state index contributed by atoms with van der Waals surface area (Å²) in [5.41, 5.74) is 10.5. The summed E-state index contributed by atoms with van der Waals surface area (Å²) in [6.45, 7) is 0.0137. The van der Waals surface area contributed by atoms with Gasteiger partial charge in [-0.05, 0) is 29.5 Å². The number of carboxylic acid groups (broad SMARTS) is 1. The fourth-order valence-corrected chi connectivity index (χ4v) is 2.65. The third-order valence-electron chi connectivity index (χ3n) is 4.03. The average Bonchev–Trinajstić information content (AvgIpc) is 2.58. The topological polar surface area (TPSA) is 81.3 Å². The van der Waals surface area contributed by atoms with Gasteiger partial charge in [-0.2, -0.15) is 6.54 Å². The Bertz CT molecular complexity index is 616. The summed E-state index contributed by atoms with van der Waals surface area (Å²) >= 11 is 0. The maximum absolute atomic E-state index is 11.1. The van der Waals surface area contributed by atoms with Crippen LogP contribution in [0.15, 0.2) is 54.6 Å². The van der Waals surface area contributed by atoms with Crippen molar-refractivity contribution >= 4 is 5.97 Å². The van der Waals surface area contributed by atoms with Crippen molar-refractivity contribution in [2.45, 2.75) is 25.4 Å². The first kappa shape index (κ1) is 18.9. The van der Waals surface area contributed by atoms with Gasteiger partial charge in [0.15, 0.2) is 0 Å². The van der Waals surface area contributed by atoms with E-state index in [1.165, 1.54) is 0 Å². The van der Waals surface area contributed by atoms with Crippen molar-refractivity contribution in [2.24, 2.45) is 5.92 Å². The minimum atomic E-state index is -1.02. The summed E-state index contributed by atoms with van der Waals surface area (Å²) in [6, 6.07) is 18.2. The molecule has 5 heteroatoms. The molecule has 0 spiro atoms. The second-order valence-electron chi connectivity index (χ2n) is 5.65. The molecule has 0 aliphatic carbocycles. The van der Waals surface area contributed by atoms with Crippen LogP contribution in [0.5, 0.6) is 0 Å². The number of aryl methyl sites for hydroxylation is 1. The quantitative estimate of drug-likeness (QED) is 0.500. The number of rotatable bonds is 8. The molecule has 2 aromatic rings. The van der Waals surface area contributed by atoms with E-state index in [9.17, 15) is 9.90 Å². The molecule has 0 saturated carbocycles. The predicted molar refractivity (Wildman–Crippen MR) is 91.1 cm³/mol. The fraction of sp³-hybridized carbons (Fsp3) is 0.316. The molecular weight excluding hydrogens is 557 g/mol. The molecule has 0 aliphatic heterocycles. The third-order valence-corrected chi connectivity index (χ3v) is 4.03. The molecule has 0 amide bonds. The number of carboxylic acids is 1. The van der Waals surface area contributed by atoms with Crippen LogP contribution in [0.2, 0.25) is 0 Å². The van der Waals surface area contributed by atoms with Gasteiger partial charge in [-0.25, -0.2) is 0 Å². The summed E-state index contributed by atoms with van der Waals surface area (Å²) < 4.78 is 0. The Balaban J connectivity index is 0.00000288. The van der Waals surface area contributed by atoms with Gasteiger partial charge in [-0.3, -0.25) is 4.79 Å². The first-order valence-electron chi connectivity index (χ1n) is 7.81. The van der Waals surface area contributed by atoms with Crippen LogP contribution < -0.4 is 0 Å². The molecule has 2 unspecified atom stereocenters. The second-order valence-corrected chi connectivity index (χ2v) is 5.65. The number of nitrogens with one attached hydrogen (secondary N) is 1. The van der Waals surface area contributed by atoms with E-state index in [-0.39, 0.29) is 13.0 Å². The normalized spacial score (nSPS) is 12.9. The largest absolute Gasteiger partial charge is 0.677 e. The molecule has 0 aliphatic rings. The van der Waals surface area contributed by atoms with E-state index in [4.69, 9.17) is 10.8 Å². The zero-order valence-electron chi connectivity index (χ0n) is 13.7. The number of aliphatic hydroxyl groups excluding tert-OH is 1. The molecule has 0 saturated heterocycles. The number of aliphatic hydroxyl groups is 1. The first-order valence-corrected chi connectivity index (χ1v) is 7.81. The van der Waals surface area contributed by atoms with Gasteiger partial charge >= 0.3 is 5.97 Å². The molecule has 0 fully saturated rings. The van der Waals surface area contributed by atoms with Crippen LogP contribution in [-0.4, -0.2) is 28.8 Å². The van der Waals surface area contributed by atoms with Gasteiger partial charge < -0.3 is 15.9 Å². The molecular formula is C19H22NO3Rf-. The van der Waals surface area contributed by atoms with Gasteiger partial charge in [0, 0.05) is 0 Å². The zero-order valence-corrected chi connectivity index (χ0v) is 20.1. The Morgan fingerprint density at radius 1 is 0.958 bits per heavy atom. The fourth-order valence-electron chi connectivity index (χ4n) is 2.65. The Hall–Kier alpha value is -3.17. The molecule has 4 nitrogen and oxygen atoms in total. The maximum Gasteiger partial charge on any atom is 0.309 e. The van der Waals surface area contributed by atoms with Crippen LogP contribution in [0.4, 0.5) is 0 Å². The molecule has 24 heavy (non-hydrogen) atoms. The van der Waals surface area contributed by atoms with E-state index in [2.05, 4.69) is 12.1 Å². The SMILES string of the molecule is [NH-]CCC(C(=O)O)C(O)CCc1ccc(-c2ccccc2)cc1.[Rf]. The molecule has 2 aromatic carbocycles. The van der Waals surface area contributed by atoms with Crippen LogP contribution in [0, 0.1) is 5.92 Å². The Morgan fingerprint density at radius 2 is 1.54 bits per heavy atom. The van der Waals surface area contributed by atoms with Crippen LogP contribution in [0.1, 0.15) is 18.4 Å². The standard InChI is InChI=1S/C19H22NO3.Rf/c20-13-12-17(19(22)23)18(21)11-8-14-6-9-16(10-7-14)15-4-2-1-3-5-15;/h1-7,9-10,17-18,20-21H,8,11-13H2,(H,22,23);/q-1;. The number of benzene rings is 2. The van der Waals surface area contributed by atoms with Gasteiger partial charge in [0.05, 0.1) is 12.0 Å². The van der Waals surface area contributed by atoms with Crippen LogP contribution in [0.25, 0.3) is 16.9 Å². The first-order chi connectivity index (χ1) is 11.1. The van der Waals surface area contributed by atoms with E-state index in [0.29, 0.717) is 12.8 Å². The maximum atomic E-state index is 11.1. The van der Waals surface area contributed by atoms with E-state index < -0.39 is 18.0 Å². The summed E-state index contributed by atoms with van der Waals surface area (Å²) in [5, 5.41) is 19.1. The summed E-state index contributed by atoms with van der Waals surface area (Å²) in [4.78, 5) is 11.1. The van der Waals surface area contributed by atoms with Gasteiger partial charge in [0.25, 0.3) is 0 Å². The monoisotopic (exact) mass is 579 g/mol. The molecule has 124 valence electrons. The molecule has 3 N–H and O–H groups in total.